The first-order chi connectivity index (χ1) is 11.3. The van der Waals surface area contributed by atoms with Crippen molar-refractivity contribution in [3.8, 4) is 0 Å². The molecule has 0 radical (unpaired) electrons. The average Bonchev–Trinajstić information content (AvgIpc) is 2.55. The maximum Gasteiger partial charge on any atom is 0.328 e. The second kappa shape index (κ2) is 8.95. The van der Waals surface area contributed by atoms with Gasteiger partial charge in [0, 0.05) is 5.56 Å². The van der Waals surface area contributed by atoms with Gasteiger partial charge in [0.2, 0.25) is 5.91 Å². The minimum atomic E-state index is -1.14. The summed E-state index contributed by atoms with van der Waals surface area (Å²) >= 11 is 0. The third kappa shape index (κ3) is 5.29. The van der Waals surface area contributed by atoms with Crippen molar-refractivity contribution in [2.75, 3.05) is 14.2 Å². The van der Waals surface area contributed by atoms with Crippen LogP contribution in [-0.2, 0) is 30.3 Å². The number of carbonyl (C=O) groups excluding carboxylic acids is 3. The smallest absolute Gasteiger partial charge is 0.328 e. The van der Waals surface area contributed by atoms with E-state index >= 15 is 0 Å². The van der Waals surface area contributed by atoms with E-state index in [9.17, 15) is 23.2 Å². The van der Waals surface area contributed by atoms with Gasteiger partial charge in [-0.05, 0) is 18.1 Å². The normalized spacial score (nSPS) is 12.9. The Morgan fingerprint density at radius 1 is 1.12 bits per heavy atom. The van der Waals surface area contributed by atoms with Gasteiger partial charge >= 0.3 is 11.9 Å². The van der Waals surface area contributed by atoms with Gasteiger partial charge in [-0.3, -0.25) is 9.59 Å². The summed E-state index contributed by atoms with van der Waals surface area (Å²) in [6.45, 7) is 1.54. The number of methoxy groups -OCH3 is 2. The first-order valence-corrected chi connectivity index (χ1v) is 7.17. The molecule has 0 aromatic heterocycles. The molecule has 0 fully saturated rings. The van der Waals surface area contributed by atoms with Crippen LogP contribution in [0.4, 0.5) is 8.78 Å². The minimum absolute atomic E-state index is 0.134. The number of ether oxygens (including phenoxy) is 2. The van der Waals surface area contributed by atoms with Gasteiger partial charge in [0.15, 0.2) is 0 Å². The van der Waals surface area contributed by atoms with Gasteiger partial charge in [-0.1, -0.05) is 13.0 Å². The molecule has 0 unspecified atom stereocenters. The molecule has 1 aromatic carbocycles. The molecule has 0 bridgehead atoms. The van der Waals surface area contributed by atoms with Gasteiger partial charge in [0.1, 0.15) is 17.7 Å². The molecule has 1 rings (SSSR count). The van der Waals surface area contributed by atoms with E-state index in [-0.39, 0.29) is 6.42 Å². The van der Waals surface area contributed by atoms with Crippen molar-refractivity contribution in [2.45, 2.75) is 25.8 Å². The third-order valence-electron chi connectivity index (χ3n) is 3.46. The summed E-state index contributed by atoms with van der Waals surface area (Å²) in [5.74, 6) is -4.45. The van der Waals surface area contributed by atoms with Gasteiger partial charge in [-0.2, -0.15) is 0 Å². The van der Waals surface area contributed by atoms with Crippen molar-refractivity contribution in [1.29, 1.82) is 0 Å². The molecular formula is C16H19F2NO5. The van der Waals surface area contributed by atoms with Crippen molar-refractivity contribution < 1.29 is 32.6 Å². The molecule has 0 aliphatic carbocycles. The lowest BCUT2D eigenvalue weighted by Gasteiger charge is -2.22. The van der Waals surface area contributed by atoms with Crippen LogP contribution in [-0.4, -0.2) is 38.1 Å². The fourth-order valence-corrected chi connectivity index (χ4v) is 2.11. The number of hydrogen-bond donors (Lipinski definition) is 1. The SMILES string of the molecule is COC(=O)C[C@@H](C)[C@H](NC(=O)Cc1c(F)cccc1F)C(=O)OC. The van der Waals surface area contributed by atoms with Crippen LogP contribution < -0.4 is 5.32 Å². The summed E-state index contributed by atoms with van der Waals surface area (Å²) in [6, 6.07) is 2.10. The maximum absolute atomic E-state index is 13.6. The number of carbonyl (C=O) groups is 3. The molecule has 2 atom stereocenters. The lowest BCUT2D eigenvalue weighted by molar-refractivity contribution is -0.148. The number of nitrogens with one attached hydrogen (secondary N) is 1. The molecule has 0 aliphatic rings. The molecule has 0 saturated heterocycles. The summed E-state index contributed by atoms with van der Waals surface area (Å²) in [6.07, 6.45) is -0.721. The summed E-state index contributed by atoms with van der Waals surface area (Å²) in [7, 11) is 2.32. The highest BCUT2D eigenvalue weighted by Crippen LogP contribution is 2.14. The molecule has 1 N–H and O–H groups in total. The first-order valence-electron chi connectivity index (χ1n) is 7.17. The minimum Gasteiger partial charge on any atom is -0.469 e. The number of amides is 1. The van der Waals surface area contributed by atoms with E-state index in [2.05, 4.69) is 14.8 Å². The Bertz CT molecular complexity index is 600. The third-order valence-corrected chi connectivity index (χ3v) is 3.46. The summed E-state index contributed by atoms with van der Waals surface area (Å²) < 4.78 is 36.3. The van der Waals surface area contributed by atoms with Crippen LogP contribution in [0.3, 0.4) is 0 Å². The van der Waals surface area contributed by atoms with Crippen molar-refractivity contribution in [3.63, 3.8) is 0 Å². The molecule has 0 heterocycles. The zero-order chi connectivity index (χ0) is 18.3. The van der Waals surface area contributed by atoms with Crippen molar-refractivity contribution in [1.82, 2.24) is 5.32 Å². The van der Waals surface area contributed by atoms with E-state index in [0.29, 0.717) is 0 Å². The van der Waals surface area contributed by atoms with E-state index in [1.807, 2.05) is 0 Å². The standard InChI is InChI=1S/C16H19F2NO5/c1-9(7-14(21)23-2)15(16(22)24-3)19-13(20)8-10-11(17)5-4-6-12(10)18/h4-6,9,15H,7-8H2,1-3H3,(H,19,20)/t9-,15+/m1/s1. The van der Waals surface area contributed by atoms with E-state index in [1.54, 1.807) is 6.92 Å². The van der Waals surface area contributed by atoms with Crippen molar-refractivity contribution in [2.24, 2.45) is 5.92 Å². The zero-order valence-electron chi connectivity index (χ0n) is 13.6. The molecule has 0 aliphatic heterocycles. The highest BCUT2D eigenvalue weighted by Gasteiger charge is 2.30. The average molecular weight is 343 g/mol. The van der Waals surface area contributed by atoms with Crippen molar-refractivity contribution >= 4 is 17.8 Å². The van der Waals surface area contributed by atoms with E-state index in [4.69, 9.17) is 0 Å². The predicted molar refractivity (Wildman–Crippen MR) is 79.8 cm³/mol. The highest BCUT2D eigenvalue weighted by molar-refractivity contribution is 5.86. The number of rotatable bonds is 7. The molecule has 1 aromatic rings. The number of hydrogen-bond acceptors (Lipinski definition) is 5. The zero-order valence-corrected chi connectivity index (χ0v) is 13.6. The van der Waals surface area contributed by atoms with Gasteiger partial charge in [0.05, 0.1) is 27.1 Å². The van der Waals surface area contributed by atoms with Crippen LogP contribution in [0.2, 0.25) is 0 Å². The van der Waals surface area contributed by atoms with Crippen LogP contribution >= 0.6 is 0 Å². The van der Waals surface area contributed by atoms with Crippen LogP contribution in [0.25, 0.3) is 0 Å². The second-order valence-electron chi connectivity index (χ2n) is 5.20. The largest absolute Gasteiger partial charge is 0.469 e. The number of esters is 2. The predicted octanol–water partition coefficient (Wildman–Crippen LogP) is 1.36. The molecule has 132 valence electrons. The second-order valence-corrected chi connectivity index (χ2v) is 5.20. The van der Waals surface area contributed by atoms with Gasteiger partial charge in [-0.15, -0.1) is 0 Å². The maximum atomic E-state index is 13.6. The monoisotopic (exact) mass is 343 g/mol. The van der Waals surface area contributed by atoms with Crippen molar-refractivity contribution in [3.05, 3.63) is 35.4 Å². The van der Waals surface area contributed by atoms with Gasteiger partial charge < -0.3 is 14.8 Å². The summed E-state index contributed by atoms with van der Waals surface area (Å²) in [5, 5.41) is 2.35. The van der Waals surface area contributed by atoms with Crippen LogP contribution in [0.5, 0.6) is 0 Å². The fourth-order valence-electron chi connectivity index (χ4n) is 2.11. The number of benzene rings is 1. The van der Waals surface area contributed by atoms with Crippen LogP contribution in [0.15, 0.2) is 18.2 Å². The molecular weight excluding hydrogens is 324 g/mol. The first kappa shape index (κ1) is 19.5. The Morgan fingerprint density at radius 3 is 2.21 bits per heavy atom. The highest BCUT2D eigenvalue weighted by atomic mass is 19.1. The Balaban J connectivity index is 2.84. The summed E-state index contributed by atoms with van der Waals surface area (Å²) in [4.78, 5) is 35.2. The molecule has 0 saturated carbocycles. The molecule has 24 heavy (non-hydrogen) atoms. The lowest BCUT2D eigenvalue weighted by atomic mass is 9.97. The van der Waals surface area contributed by atoms with Crippen LogP contribution in [0, 0.1) is 17.6 Å². The molecule has 8 heteroatoms. The molecule has 1 amide bonds. The lowest BCUT2D eigenvalue weighted by Crippen LogP contribution is -2.47. The topological polar surface area (TPSA) is 81.7 Å². The Kier molecular flexibility index (Phi) is 7.29. The van der Waals surface area contributed by atoms with Gasteiger partial charge in [-0.25, -0.2) is 13.6 Å². The quantitative estimate of drug-likeness (QED) is 0.756. The Hall–Kier alpha value is -2.51. The molecule has 6 nitrogen and oxygen atoms in total. The number of halogens is 2. The van der Waals surface area contributed by atoms with E-state index in [0.717, 1.165) is 19.2 Å². The van der Waals surface area contributed by atoms with Crippen LogP contribution in [0.1, 0.15) is 18.9 Å². The van der Waals surface area contributed by atoms with E-state index in [1.165, 1.54) is 13.2 Å². The van der Waals surface area contributed by atoms with Gasteiger partial charge in [0.25, 0.3) is 0 Å². The Labute approximate surface area is 138 Å². The van der Waals surface area contributed by atoms with E-state index < -0.39 is 53.4 Å². The summed E-state index contributed by atoms with van der Waals surface area (Å²) in [5.41, 5.74) is -0.403. The molecule has 0 spiro atoms. The fraction of sp³-hybridized carbons (Fsp3) is 0.438. The Morgan fingerprint density at radius 2 is 1.71 bits per heavy atom.